The topological polar surface area (TPSA) is 37.3 Å². The van der Waals surface area contributed by atoms with Crippen molar-refractivity contribution >= 4 is 6.29 Å². The standard InChI is InChI=1S/C13H16O2/c14-8-7-13(10-3-1-4-10)11-5-2-6-12(15)9-11/h2,5-6,8-10,13,15H,1,3-4,7H2. The van der Waals surface area contributed by atoms with Crippen LogP contribution in [0, 0.1) is 5.92 Å². The van der Waals surface area contributed by atoms with Gasteiger partial charge >= 0.3 is 0 Å². The molecule has 1 N–H and O–H groups in total. The normalized spacial score (nSPS) is 18.1. The lowest BCUT2D eigenvalue weighted by atomic mass is 9.72. The van der Waals surface area contributed by atoms with Crippen molar-refractivity contribution in [3.8, 4) is 5.75 Å². The van der Waals surface area contributed by atoms with E-state index in [4.69, 9.17) is 0 Å². The molecule has 0 radical (unpaired) electrons. The van der Waals surface area contributed by atoms with E-state index in [9.17, 15) is 9.90 Å². The monoisotopic (exact) mass is 204 g/mol. The number of carbonyl (C=O) groups excluding carboxylic acids is 1. The number of benzene rings is 1. The zero-order valence-electron chi connectivity index (χ0n) is 8.73. The fraction of sp³-hybridized carbons (Fsp3) is 0.462. The molecule has 0 spiro atoms. The molecule has 1 unspecified atom stereocenters. The summed E-state index contributed by atoms with van der Waals surface area (Å²) in [4.78, 5) is 10.7. The maximum atomic E-state index is 10.7. The Morgan fingerprint density at radius 2 is 2.27 bits per heavy atom. The van der Waals surface area contributed by atoms with E-state index in [1.807, 2.05) is 12.1 Å². The summed E-state index contributed by atoms with van der Waals surface area (Å²) in [7, 11) is 0. The van der Waals surface area contributed by atoms with Gasteiger partial charge in [0, 0.05) is 6.42 Å². The average Bonchev–Trinajstić information content (AvgIpc) is 2.14. The van der Waals surface area contributed by atoms with Gasteiger partial charge in [0.05, 0.1) is 0 Å². The van der Waals surface area contributed by atoms with Crippen LogP contribution in [0.15, 0.2) is 24.3 Å². The van der Waals surface area contributed by atoms with Crippen LogP contribution in [0.3, 0.4) is 0 Å². The molecule has 0 heterocycles. The van der Waals surface area contributed by atoms with Gasteiger partial charge in [0.15, 0.2) is 0 Å². The third-order valence-corrected chi connectivity index (χ3v) is 3.37. The molecule has 0 bridgehead atoms. The van der Waals surface area contributed by atoms with E-state index in [-0.39, 0.29) is 0 Å². The third-order valence-electron chi connectivity index (χ3n) is 3.37. The number of aldehydes is 1. The lowest BCUT2D eigenvalue weighted by molar-refractivity contribution is -0.108. The molecular weight excluding hydrogens is 188 g/mol. The van der Waals surface area contributed by atoms with Gasteiger partial charge in [-0.3, -0.25) is 0 Å². The molecule has 2 heteroatoms. The summed E-state index contributed by atoms with van der Waals surface area (Å²) in [6.07, 6.45) is 5.28. The van der Waals surface area contributed by atoms with Crippen molar-refractivity contribution in [2.24, 2.45) is 5.92 Å². The zero-order valence-corrected chi connectivity index (χ0v) is 8.73. The summed E-state index contributed by atoms with van der Waals surface area (Å²) >= 11 is 0. The summed E-state index contributed by atoms with van der Waals surface area (Å²) in [6.45, 7) is 0. The first-order valence-electron chi connectivity index (χ1n) is 5.54. The summed E-state index contributed by atoms with van der Waals surface area (Å²) < 4.78 is 0. The van der Waals surface area contributed by atoms with Crippen molar-refractivity contribution in [2.75, 3.05) is 0 Å². The second-order valence-corrected chi connectivity index (χ2v) is 4.29. The van der Waals surface area contributed by atoms with Gasteiger partial charge in [-0.15, -0.1) is 0 Å². The quantitative estimate of drug-likeness (QED) is 0.766. The van der Waals surface area contributed by atoms with Gasteiger partial charge in [0.1, 0.15) is 12.0 Å². The first-order valence-corrected chi connectivity index (χ1v) is 5.54. The Kier molecular flexibility index (Phi) is 3.05. The molecule has 0 aromatic heterocycles. The third kappa shape index (κ3) is 2.20. The molecule has 1 fully saturated rings. The molecule has 15 heavy (non-hydrogen) atoms. The summed E-state index contributed by atoms with van der Waals surface area (Å²) in [5.41, 5.74) is 1.10. The molecule has 1 aromatic carbocycles. The number of rotatable bonds is 4. The van der Waals surface area contributed by atoms with Crippen molar-refractivity contribution < 1.29 is 9.90 Å². The minimum Gasteiger partial charge on any atom is -0.508 e. The molecule has 2 rings (SSSR count). The highest BCUT2D eigenvalue weighted by atomic mass is 16.3. The van der Waals surface area contributed by atoms with Crippen LogP contribution in [-0.2, 0) is 4.79 Å². The van der Waals surface area contributed by atoms with E-state index in [1.165, 1.54) is 19.3 Å². The van der Waals surface area contributed by atoms with Crippen molar-refractivity contribution in [2.45, 2.75) is 31.6 Å². The van der Waals surface area contributed by atoms with Gasteiger partial charge in [-0.05, 0) is 42.4 Å². The SMILES string of the molecule is O=CCC(c1cccc(O)c1)C1CCC1. The molecule has 1 aliphatic carbocycles. The molecule has 2 nitrogen and oxygen atoms in total. The first-order chi connectivity index (χ1) is 7.31. The molecule has 1 atom stereocenters. The number of carbonyl (C=O) groups is 1. The predicted octanol–water partition coefficient (Wildman–Crippen LogP) is 2.86. The number of hydrogen-bond donors (Lipinski definition) is 1. The number of phenolic OH excluding ortho intramolecular Hbond substituents is 1. The van der Waals surface area contributed by atoms with E-state index < -0.39 is 0 Å². The van der Waals surface area contributed by atoms with Gasteiger partial charge in [0.25, 0.3) is 0 Å². The van der Waals surface area contributed by atoms with Crippen LogP contribution in [0.1, 0.15) is 37.2 Å². The highest BCUT2D eigenvalue weighted by molar-refractivity contribution is 5.52. The van der Waals surface area contributed by atoms with E-state index in [1.54, 1.807) is 12.1 Å². The van der Waals surface area contributed by atoms with E-state index in [0.29, 0.717) is 24.0 Å². The lowest BCUT2D eigenvalue weighted by Gasteiger charge is -2.33. The van der Waals surface area contributed by atoms with E-state index in [0.717, 1.165) is 11.8 Å². The summed E-state index contributed by atoms with van der Waals surface area (Å²) in [5.74, 6) is 1.24. The Morgan fingerprint density at radius 3 is 2.80 bits per heavy atom. The number of aromatic hydroxyl groups is 1. The van der Waals surface area contributed by atoms with Crippen molar-refractivity contribution in [3.05, 3.63) is 29.8 Å². The van der Waals surface area contributed by atoms with E-state index in [2.05, 4.69) is 0 Å². The molecule has 0 aliphatic heterocycles. The van der Waals surface area contributed by atoms with Gasteiger partial charge < -0.3 is 9.90 Å². The Bertz CT molecular complexity index is 342. The van der Waals surface area contributed by atoms with Crippen LogP contribution in [-0.4, -0.2) is 11.4 Å². The molecule has 0 amide bonds. The predicted molar refractivity (Wildman–Crippen MR) is 58.9 cm³/mol. The van der Waals surface area contributed by atoms with Gasteiger partial charge in [-0.1, -0.05) is 18.6 Å². The molecule has 0 saturated heterocycles. The molecule has 1 aromatic rings. The Labute approximate surface area is 89.9 Å². The summed E-state index contributed by atoms with van der Waals surface area (Å²) in [6, 6.07) is 7.31. The highest BCUT2D eigenvalue weighted by Gasteiger charge is 2.28. The number of phenols is 1. The van der Waals surface area contributed by atoms with Gasteiger partial charge in [-0.2, -0.15) is 0 Å². The van der Waals surface area contributed by atoms with Crippen LogP contribution < -0.4 is 0 Å². The molecule has 80 valence electrons. The van der Waals surface area contributed by atoms with Crippen LogP contribution in [0.25, 0.3) is 0 Å². The minimum absolute atomic E-state index is 0.294. The van der Waals surface area contributed by atoms with Gasteiger partial charge in [0.2, 0.25) is 0 Å². The second kappa shape index (κ2) is 4.47. The Hall–Kier alpha value is -1.31. The Balaban J connectivity index is 2.19. The summed E-state index contributed by atoms with van der Waals surface area (Å²) in [5, 5.41) is 9.41. The van der Waals surface area contributed by atoms with Crippen LogP contribution in [0.2, 0.25) is 0 Å². The average molecular weight is 204 g/mol. The van der Waals surface area contributed by atoms with Crippen LogP contribution in [0.4, 0.5) is 0 Å². The lowest BCUT2D eigenvalue weighted by Crippen LogP contribution is -2.20. The second-order valence-electron chi connectivity index (χ2n) is 4.29. The Morgan fingerprint density at radius 1 is 1.47 bits per heavy atom. The molecule has 1 aliphatic rings. The number of hydrogen-bond acceptors (Lipinski definition) is 2. The maximum absolute atomic E-state index is 10.7. The van der Waals surface area contributed by atoms with Crippen molar-refractivity contribution in [1.29, 1.82) is 0 Å². The van der Waals surface area contributed by atoms with Crippen molar-refractivity contribution in [1.82, 2.24) is 0 Å². The minimum atomic E-state index is 0.294. The van der Waals surface area contributed by atoms with Crippen LogP contribution in [0.5, 0.6) is 5.75 Å². The molecule has 1 saturated carbocycles. The largest absolute Gasteiger partial charge is 0.508 e. The zero-order chi connectivity index (χ0) is 10.7. The van der Waals surface area contributed by atoms with Crippen molar-refractivity contribution in [3.63, 3.8) is 0 Å². The van der Waals surface area contributed by atoms with Crippen LogP contribution >= 0.6 is 0 Å². The first kappa shape index (κ1) is 10.2. The highest BCUT2D eigenvalue weighted by Crippen LogP contribution is 2.41. The van der Waals surface area contributed by atoms with E-state index >= 15 is 0 Å². The van der Waals surface area contributed by atoms with Gasteiger partial charge in [-0.25, -0.2) is 0 Å². The maximum Gasteiger partial charge on any atom is 0.120 e. The fourth-order valence-corrected chi connectivity index (χ4v) is 2.30. The molecular formula is C13H16O2. The fourth-order valence-electron chi connectivity index (χ4n) is 2.30. The smallest absolute Gasteiger partial charge is 0.120 e.